The first-order chi connectivity index (χ1) is 13.1. The molecule has 27 heavy (non-hydrogen) atoms. The maximum absolute atomic E-state index is 13.3. The van der Waals surface area contributed by atoms with Crippen molar-refractivity contribution in [2.45, 2.75) is 18.9 Å². The Kier molecular flexibility index (Phi) is 4.94. The van der Waals surface area contributed by atoms with Gasteiger partial charge in [-0.25, -0.2) is 0 Å². The molecule has 2 aromatic carbocycles. The molecular weight excluding hydrogens is 338 g/mol. The monoisotopic (exact) mass is 363 g/mol. The van der Waals surface area contributed by atoms with Gasteiger partial charge < -0.3 is 15.1 Å². The average molecular weight is 363 g/mol. The van der Waals surface area contributed by atoms with E-state index in [1.165, 1.54) is 0 Å². The molecule has 1 heterocycles. The molecule has 0 radical (unpaired) electrons. The van der Waals surface area contributed by atoms with E-state index >= 15 is 0 Å². The Morgan fingerprint density at radius 3 is 2.52 bits per heavy atom. The Hall–Kier alpha value is -2.66. The normalized spacial score (nSPS) is 20.3. The summed E-state index contributed by atoms with van der Waals surface area (Å²) in [7, 11) is 2.09. The zero-order valence-electron chi connectivity index (χ0n) is 15.6. The third-order valence-electron chi connectivity index (χ3n) is 5.35. The largest absolute Gasteiger partial charge is 0.329 e. The van der Waals surface area contributed by atoms with Crippen LogP contribution in [0.25, 0.3) is 0 Å². The van der Waals surface area contributed by atoms with Gasteiger partial charge in [-0.05, 0) is 43.7 Å². The third-order valence-corrected chi connectivity index (χ3v) is 5.35. The molecular formula is C22H25N3O2. The Morgan fingerprint density at radius 1 is 1.00 bits per heavy atom. The van der Waals surface area contributed by atoms with Crippen LogP contribution in [0.2, 0.25) is 0 Å². The molecule has 5 heteroatoms. The third kappa shape index (κ3) is 4.03. The van der Waals surface area contributed by atoms with Crippen LogP contribution in [-0.2, 0) is 4.79 Å². The van der Waals surface area contributed by atoms with Crippen molar-refractivity contribution in [3.05, 3.63) is 65.7 Å². The summed E-state index contributed by atoms with van der Waals surface area (Å²) in [4.78, 5) is 29.5. The summed E-state index contributed by atoms with van der Waals surface area (Å²) >= 11 is 0. The molecule has 0 aromatic heterocycles. The van der Waals surface area contributed by atoms with Crippen molar-refractivity contribution in [2.24, 2.45) is 5.92 Å². The van der Waals surface area contributed by atoms with E-state index in [1.54, 1.807) is 6.07 Å². The van der Waals surface area contributed by atoms with Gasteiger partial charge >= 0.3 is 0 Å². The molecule has 2 aromatic rings. The molecule has 4 rings (SSSR count). The van der Waals surface area contributed by atoms with Crippen LogP contribution >= 0.6 is 0 Å². The van der Waals surface area contributed by atoms with E-state index in [2.05, 4.69) is 29.4 Å². The summed E-state index contributed by atoms with van der Waals surface area (Å²) in [6.45, 7) is 2.36. The number of piperazine rings is 1. The van der Waals surface area contributed by atoms with E-state index in [-0.39, 0.29) is 23.8 Å². The quantitative estimate of drug-likeness (QED) is 0.908. The summed E-state index contributed by atoms with van der Waals surface area (Å²) in [5.41, 5.74) is 2.47. The number of carbonyl (C=O) groups is 2. The van der Waals surface area contributed by atoms with Crippen molar-refractivity contribution in [1.29, 1.82) is 0 Å². The van der Waals surface area contributed by atoms with E-state index in [1.807, 2.05) is 41.3 Å². The zero-order chi connectivity index (χ0) is 18.8. The summed E-state index contributed by atoms with van der Waals surface area (Å²) in [6.07, 6.45) is 1.93. The first-order valence-electron chi connectivity index (χ1n) is 9.57. The molecule has 1 saturated heterocycles. The van der Waals surface area contributed by atoms with Crippen molar-refractivity contribution < 1.29 is 9.59 Å². The molecule has 1 N–H and O–H groups in total. The summed E-state index contributed by atoms with van der Waals surface area (Å²) in [6, 6.07) is 17.5. The molecule has 5 nitrogen and oxygen atoms in total. The lowest BCUT2D eigenvalue weighted by atomic mass is 10.0. The van der Waals surface area contributed by atoms with Crippen LogP contribution in [0.4, 0.5) is 5.69 Å². The van der Waals surface area contributed by atoms with E-state index in [0.29, 0.717) is 17.8 Å². The lowest BCUT2D eigenvalue weighted by Gasteiger charge is -2.40. The average Bonchev–Trinajstić information content (AvgIpc) is 3.54. The first-order valence-corrected chi connectivity index (χ1v) is 9.57. The summed E-state index contributed by atoms with van der Waals surface area (Å²) in [5, 5.41) is 2.93. The number of hydrogen-bond donors (Lipinski definition) is 1. The summed E-state index contributed by atoms with van der Waals surface area (Å²) < 4.78 is 0. The van der Waals surface area contributed by atoms with Crippen molar-refractivity contribution in [3.63, 3.8) is 0 Å². The number of hydrogen-bond acceptors (Lipinski definition) is 3. The fourth-order valence-corrected chi connectivity index (χ4v) is 3.61. The molecule has 1 unspecified atom stereocenters. The van der Waals surface area contributed by atoms with Gasteiger partial charge in [-0.1, -0.05) is 36.4 Å². The van der Waals surface area contributed by atoms with Crippen molar-refractivity contribution >= 4 is 17.5 Å². The molecule has 140 valence electrons. The Morgan fingerprint density at radius 2 is 1.78 bits per heavy atom. The predicted molar refractivity (Wildman–Crippen MR) is 106 cm³/mol. The van der Waals surface area contributed by atoms with Gasteiger partial charge in [-0.2, -0.15) is 0 Å². The standard InChI is InChI=1S/C22H25N3O2/c1-24-12-13-25(20(15-24)16-6-3-2-4-7-16)22(27)18-8-5-9-19(14-18)23-21(26)17-10-11-17/h2-9,14,17,20H,10-13,15H2,1H3,(H,23,26). The van der Waals surface area contributed by atoms with Crippen LogP contribution in [0.15, 0.2) is 54.6 Å². The van der Waals surface area contributed by atoms with Gasteiger partial charge in [0, 0.05) is 36.8 Å². The van der Waals surface area contributed by atoms with Crippen LogP contribution in [-0.4, -0.2) is 48.3 Å². The fraction of sp³-hybridized carbons (Fsp3) is 0.364. The highest BCUT2D eigenvalue weighted by molar-refractivity contribution is 5.98. The number of nitrogens with one attached hydrogen (secondary N) is 1. The van der Waals surface area contributed by atoms with Crippen molar-refractivity contribution in [2.75, 3.05) is 32.0 Å². The van der Waals surface area contributed by atoms with Gasteiger partial charge in [0.2, 0.25) is 5.91 Å². The van der Waals surface area contributed by atoms with Crippen LogP contribution < -0.4 is 5.32 Å². The molecule has 1 aliphatic carbocycles. The molecule has 2 fully saturated rings. The maximum Gasteiger partial charge on any atom is 0.254 e. The van der Waals surface area contributed by atoms with E-state index < -0.39 is 0 Å². The SMILES string of the molecule is CN1CCN(C(=O)c2cccc(NC(=O)C3CC3)c2)C(c2ccccc2)C1. The van der Waals surface area contributed by atoms with Gasteiger partial charge in [0.1, 0.15) is 0 Å². The predicted octanol–water partition coefficient (Wildman–Crippen LogP) is 3.16. The van der Waals surface area contributed by atoms with Gasteiger partial charge in [-0.15, -0.1) is 0 Å². The minimum absolute atomic E-state index is 0.0134. The van der Waals surface area contributed by atoms with Gasteiger partial charge in [0.05, 0.1) is 6.04 Å². The number of amides is 2. The second-order valence-electron chi connectivity index (χ2n) is 7.53. The van der Waals surface area contributed by atoms with E-state index in [4.69, 9.17) is 0 Å². The van der Waals surface area contributed by atoms with Crippen LogP contribution in [0.3, 0.4) is 0 Å². The number of nitrogens with zero attached hydrogens (tertiary/aromatic N) is 2. The highest BCUT2D eigenvalue weighted by atomic mass is 16.2. The van der Waals surface area contributed by atoms with Crippen LogP contribution in [0.1, 0.15) is 34.8 Å². The number of anilines is 1. The highest BCUT2D eigenvalue weighted by Crippen LogP contribution is 2.31. The first kappa shape index (κ1) is 17.7. The second kappa shape index (κ2) is 7.53. The number of likely N-dealkylation sites (N-methyl/N-ethyl adjacent to an activating group) is 1. The minimum atomic E-state index is 0.0134. The minimum Gasteiger partial charge on any atom is -0.329 e. The number of carbonyl (C=O) groups excluding carboxylic acids is 2. The zero-order valence-corrected chi connectivity index (χ0v) is 15.6. The van der Waals surface area contributed by atoms with Gasteiger partial charge in [0.15, 0.2) is 0 Å². The van der Waals surface area contributed by atoms with Crippen molar-refractivity contribution in [1.82, 2.24) is 9.80 Å². The molecule has 0 spiro atoms. The maximum atomic E-state index is 13.3. The topological polar surface area (TPSA) is 52.6 Å². The highest BCUT2D eigenvalue weighted by Gasteiger charge is 2.32. The molecule has 1 atom stereocenters. The smallest absolute Gasteiger partial charge is 0.254 e. The lowest BCUT2D eigenvalue weighted by Crippen LogP contribution is -2.49. The fourth-order valence-electron chi connectivity index (χ4n) is 3.61. The second-order valence-corrected chi connectivity index (χ2v) is 7.53. The Balaban J connectivity index is 1.55. The van der Waals surface area contributed by atoms with E-state index in [9.17, 15) is 9.59 Å². The van der Waals surface area contributed by atoms with Gasteiger partial charge in [0.25, 0.3) is 5.91 Å². The number of rotatable bonds is 4. The molecule has 1 aliphatic heterocycles. The van der Waals surface area contributed by atoms with Crippen LogP contribution in [0.5, 0.6) is 0 Å². The van der Waals surface area contributed by atoms with Crippen molar-refractivity contribution in [3.8, 4) is 0 Å². The lowest BCUT2D eigenvalue weighted by molar-refractivity contribution is -0.117. The Bertz CT molecular complexity index is 832. The Labute approximate surface area is 160 Å². The number of benzene rings is 2. The summed E-state index contributed by atoms with van der Waals surface area (Å²) in [5.74, 6) is 0.213. The molecule has 0 bridgehead atoms. The molecule has 2 amide bonds. The van der Waals surface area contributed by atoms with E-state index in [0.717, 1.165) is 31.5 Å². The van der Waals surface area contributed by atoms with Gasteiger partial charge in [-0.3, -0.25) is 9.59 Å². The molecule has 2 aliphatic rings. The molecule has 1 saturated carbocycles. The van der Waals surface area contributed by atoms with Crippen LogP contribution in [0, 0.1) is 5.92 Å².